The molecule has 0 radical (unpaired) electrons. The lowest BCUT2D eigenvalue weighted by molar-refractivity contribution is 1.24. The zero-order chi connectivity index (χ0) is 14.5. The second-order valence-corrected chi connectivity index (χ2v) is 5.32. The van der Waals surface area contributed by atoms with Gasteiger partial charge in [-0.1, -0.05) is 33.8 Å². The number of pyridine rings is 2. The van der Waals surface area contributed by atoms with Gasteiger partial charge in [0.2, 0.25) is 0 Å². The summed E-state index contributed by atoms with van der Waals surface area (Å²) in [7, 11) is 0. The average Bonchev–Trinajstić information content (AvgIpc) is 2.56. The molecule has 100 valence electrons. The number of halogens is 1. The Morgan fingerprint density at radius 1 is 0.714 bits per heavy atom. The summed E-state index contributed by atoms with van der Waals surface area (Å²) < 4.78 is 1.05. The van der Waals surface area contributed by atoms with Crippen molar-refractivity contribution in [3.8, 4) is 23.2 Å². The van der Waals surface area contributed by atoms with E-state index in [2.05, 4.69) is 37.7 Å². The Morgan fingerprint density at radius 3 is 2.10 bits per heavy atom. The van der Waals surface area contributed by atoms with E-state index in [0.29, 0.717) is 0 Å². The number of aromatic nitrogens is 2. The van der Waals surface area contributed by atoms with E-state index in [0.717, 1.165) is 27.0 Å². The third-order valence-corrected chi connectivity index (χ3v) is 3.41. The van der Waals surface area contributed by atoms with E-state index in [1.807, 2.05) is 54.6 Å². The van der Waals surface area contributed by atoms with Crippen LogP contribution in [-0.2, 0) is 0 Å². The van der Waals surface area contributed by atoms with E-state index in [1.165, 1.54) is 0 Å². The van der Waals surface area contributed by atoms with Crippen LogP contribution in [-0.4, -0.2) is 9.97 Å². The van der Waals surface area contributed by atoms with Crippen LogP contribution in [0.1, 0.15) is 11.1 Å². The zero-order valence-electron chi connectivity index (χ0n) is 11.1. The summed E-state index contributed by atoms with van der Waals surface area (Å²) in [6.45, 7) is 0. The van der Waals surface area contributed by atoms with Crippen LogP contribution in [0.4, 0.5) is 0 Å². The maximum atomic E-state index is 4.40. The summed E-state index contributed by atoms with van der Waals surface area (Å²) in [6, 6.07) is 17.6. The van der Waals surface area contributed by atoms with Gasteiger partial charge in [0.05, 0.1) is 11.4 Å². The predicted octanol–water partition coefficient (Wildman–Crippen LogP) is 4.31. The zero-order valence-corrected chi connectivity index (χ0v) is 12.7. The average molecular weight is 335 g/mol. The first-order chi connectivity index (χ1) is 10.3. The van der Waals surface area contributed by atoms with E-state index < -0.39 is 0 Å². The molecule has 0 saturated carbocycles. The highest BCUT2D eigenvalue weighted by molar-refractivity contribution is 9.10. The molecule has 21 heavy (non-hydrogen) atoms. The monoisotopic (exact) mass is 334 g/mol. The van der Waals surface area contributed by atoms with E-state index in [-0.39, 0.29) is 0 Å². The largest absolute Gasteiger partial charge is 0.255 e. The second-order valence-electron chi connectivity index (χ2n) is 4.40. The van der Waals surface area contributed by atoms with Crippen molar-refractivity contribution in [2.24, 2.45) is 0 Å². The summed E-state index contributed by atoms with van der Waals surface area (Å²) in [6.07, 6.45) is 3.54. The maximum absolute atomic E-state index is 4.40. The molecule has 0 N–H and O–H groups in total. The van der Waals surface area contributed by atoms with Crippen LogP contribution in [0.25, 0.3) is 11.4 Å². The Balaban J connectivity index is 1.81. The second kappa shape index (κ2) is 6.34. The minimum Gasteiger partial charge on any atom is -0.255 e. The van der Waals surface area contributed by atoms with E-state index >= 15 is 0 Å². The molecule has 3 heteroatoms. The highest BCUT2D eigenvalue weighted by Gasteiger charge is 1.98. The first-order valence-corrected chi connectivity index (χ1v) is 7.25. The molecule has 3 rings (SSSR count). The van der Waals surface area contributed by atoms with Gasteiger partial charge in [-0.15, -0.1) is 0 Å². The molecule has 1 aromatic carbocycles. The van der Waals surface area contributed by atoms with Crippen molar-refractivity contribution in [1.29, 1.82) is 0 Å². The summed E-state index contributed by atoms with van der Waals surface area (Å²) in [5.41, 5.74) is 3.58. The van der Waals surface area contributed by atoms with Crippen LogP contribution in [0.5, 0.6) is 0 Å². The Kier molecular flexibility index (Phi) is 4.09. The highest BCUT2D eigenvalue weighted by atomic mass is 79.9. The van der Waals surface area contributed by atoms with E-state index in [9.17, 15) is 0 Å². The molecule has 0 spiro atoms. The molecule has 0 fully saturated rings. The molecule has 0 saturated heterocycles. The van der Waals surface area contributed by atoms with Crippen LogP contribution in [0.3, 0.4) is 0 Å². The lowest BCUT2D eigenvalue weighted by atomic mass is 10.2. The van der Waals surface area contributed by atoms with Gasteiger partial charge >= 0.3 is 0 Å². The normalized spacial score (nSPS) is 9.76. The molecular weight excluding hydrogens is 324 g/mol. The van der Waals surface area contributed by atoms with Crippen molar-refractivity contribution in [1.82, 2.24) is 9.97 Å². The number of rotatable bonds is 1. The lowest BCUT2D eigenvalue weighted by Crippen LogP contribution is -1.87. The van der Waals surface area contributed by atoms with Crippen LogP contribution >= 0.6 is 15.9 Å². The minimum absolute atomic E-state index is 0.852. The number of benzene rings is 1. The molecule has 0 aliphatic heterocycles. The summed E-state index contributed by atoms with van der Waals surface area (Å²) >= 11 is 3.41. The van der Waals surface area contributed by atoms with Gasteiger partial charge < -0.3 is 0 Å². The molecule has 0 amide bonds. The van der Waals surface area contributed by atoms with Crippen molar-refractivity contribution >= 4 is 15.9 Å². The van der Waals surface area contributed by atoms with Gasteiger partial charge in [-0.2, -0.15) is 0 Å². The molecular formula is C18H11BrN2. The molecule has 0 atom stereocenters. The van der Waals surface area contributed by atoms with Crippen molar-refractivity contribution in [3.05, 3.63) is 82.6 Å². The summed E-state index contributed by atoms with van der Waals surface area (Å²) in [5.74, 6) is 6.23. The van der Waals surface area contributed by atoms with E-state index in [1.54, 1.807) is 12.4 Å². The molecule has 3 aromatic rings. The third-order valence-electron chi connectivity index (χ3n) is 2.89. The van der Waals surface area contributed by atoms with Gasteiger partial charge in [-0.05, 0) is 48.5 Å². The molecule has 2 aromatic heterocycles. The Hall–Kier alpha value is -2.44. The Bertz CT molecular complexity index is 783. The fourth-order valence-electron chi connectivity index (χ4n) is 1.81. The quantitative estimate of drug-likeness (QED) is 0.620. The SMILES string of the molecule is Brc1ccc(C#Cc2ccc(-c3ccccn3)nc2)cc1. The first kappa shape index (κ1) is 13.5. The molecule has 2 nitrogen and oxygen atoms in total. The third kappa shape index (κ3) is 3.56. The number of hydrogen-bond donors (Lipinski definition) is 0. The van der Waals surface area contributed by atoms with Crippen LogP contribution in [0.15, 0.2) is 71.5 Å². The van der Waals surface area contributed by atoms with Crippen LogP contribution in [0, 0.1) is 11.8 Å². The highest BCUT2D eigenvalue weighted by Crippen LogP contribution is 2.13. The fourth-order valence-corrected chi connectivity index (χ4v) is 2.08. The van der Waals surface area contributed by atoms with Crippen molar-refractivity contribution < 1.29 is 0 Å². The van der Waals surface area contributed by atoms with Crippen molar-refractivity contribution in [3.63, 3.8) is 0 Å². The molecule has 0 unspecified atom stereocenters. The smallest absolute Gasteiger partial charge is 0.0887 e. The molecule has 0 aliphatic rings. The molecule has 0 aliphatic carbocycles. The summed E-state index contributed by atoms with van der Waals surface area (Å²) in [5, 5.41) is 0. The summed E-state index contributed by atoms with van der Waals surface area (Å²) in [4.78, 5) is 8.68. The predicted molar refractivity (Wildman–Crippen MR) is 87.6 cm³/mol. The Labute approximate surface area is 132 Å². The van der Waals surface area contributed by atoms with Crippen LogP contribution < -0.4 is 0 Å². The van der Waals surface area contributed by atoms with Gasteiger partial charge in [-0.25, -0.2) is 0 Å². The number of nitrogens with zero attached hydrogens (tertiary/aromatic N) is 2. The Morgan fingerprint density at radius 2 is 1.43 bits per heavy atom. The standard InChI is InChI=1S/C18H11BrN2/c19-16-9-6-14(7-10-16)4-5-15-8-11-18(21-13-15)17-3-1-2-12-20-17/h1-3,6-13H. The maximum Gasteiger partial charge on any atom is 0.0887 e. The van der Waals surface area contributed by atoms with Gasteiger partial charge in [0.15, 0.2) is 0 Å². The minimum atomic E-state index is 0.852. The molecule has 2 heterocycles. The van der Waals surface area contributed by atoms with Gasteiger partial charge in [0.1, 0.15) is 0 Å². The number of hydrogen-bond acceptors (Lipinski definition) is 2. The van der Waals surface area contributed by atoms with Crippen molar-refractivity contribution in [2.45, 2.75) is 0 Å². The van der Waals surface area contributed by atoms with E-state index in [4.69, 9.17) is 0 Å². The van der Waals surface area contributed by atoms with Crippen LogP contribution in [0.2, 0.25) is 0 Å². The molecule has 0 bridgehead atoms. The van der Waals surface area contributed by atoms with Gasteiger partial charge in [0, 0.05) is 28.0 Å². The first-order valence-electron chi connectivity index (χ1n) is 6.46. The van der Waals surface area contributed by atoms with Gasteiger partial charge in [0.25, 0.3) is 0 Å². The van der Waals surface area contributed by atoms with Gasteiger partial charge in [-0.3, -0.25) is 9.97 Å². The van der Waals surface area contributed by atoms with Crippen molar-refractivity contribution in [2.75, 3.05) is 0 Å². The lowest BCUT2D eigenvalue weighted by Gasteiger charge is -1.98. The topological polar surface area (TPSA) is 25.8 Å². The fraction of sp³-hybridized carbons (Fsp3) is 0.